The molecule has 0 unspecified atom stereocenters. The van der Waals surface area contributed by atoms with Gasteiger partial charge in [-0.15, -0.1) is 0 Å². The fourth-order valence-electron chi connectivity index (χ4n) is 0.771. The lowest BCUT2D eigenvalue weighted by molar-refractivity contribution is -0.132. The number of hydrogen-bond donors (Lipinski definition) is 2. The zero-order valence-corrected chi connectivity index (χ0v) is 7.39. The third kappa shape index (κ3) is 6.21. The lowest BCUT2D eigenvalue weighted by atomic mass is 10.2. The van der Waals surface area contributed by atoms with Crippen molar-refractivity contribution < 1.29 is 18.7 Å². The van der Waals surface area contributed by atoms with Gasteiger partial charge in [0.25, 0.3) is 6.43 Å². The molecule has 0 saturated heterocycles. The first-order chi connectivity index (χ1) is 6.07. The minimum Gasteiger partial charge on any atom is -0.478 e. The molecule has 0 aromatic carbocycles. The second-order valence-corrected chi connectivity index (χ2v) is 2.44. The highest BCUT2D eigenvalue weighted by atomic mass is 19.3. The standard InChI is InChI=1S/C8H13F2NO2/c1-2-6(8(12)13)3-4-11-5-7(9)10/h3,7,11H,2,4-5H2,1H3,(H,12,13). The molecule has 0 rings (SSSR count). The van der Waals surface area contributed by atoms with Crippen LogP contribution >= 0.6 is 0 Å². The SMILES string of the molecule is CCC(=CCNCC(F)F)C(=O)O. The third-order valence-corrected chi connectivity index (χ3v) is 1.45. The maximum atomic E-state index is 11.6. The Kier molecular flexibility index (Phi) is 6.05. The summed E-state index contributed by atoms with van der Waals surface area (Å²) in [5.74, 6) is -0.999. The van der Waals surface area contributed by atoms with Gasteiger partial charge < -0.3 is 10.4 Å². The third-order valence-electron chi connectivity index (χ3n) is 1.45. The van der Waals surface area contributed by atoms with Crippen LogP contribution in [0, 0.1) is 0 Å². The summed E-state index contributed by atoms with van der Waals surface area (Å²) in [6.45, 7) is 1.46. The molecular formula is C8H13F2NO2. The lowest BCUT2D eigenvalue weighted by Crippen LogP contribution is -2.21. The van der Waals surface area contributed by atoms with Gasteiger partial charge in [0.15, 0.2) is 0 Å². The van der Waals surface area contributed by atoms with E-state index in [1.54, 1.807) is 6.92 Å². The first-order valence-electron chi connectivity index (χ1n) is 3.99. The van der Waals surface area contributed by atoms with Gasteiger partial charge in [0.1, 0.15) is 0 Å². The highest BCUT2D eigenvalue weighted by molar-refractivity contribution is 5.86. The number of carbonyl (C=O) groups is 1. The summed E-state index contributed by atoms with van der Waals surface area (Å²) < 4.78 is 23.2. The molecule has 5 heteroatoms. The molecule has 0 heterocycles. The molecule has 0 aliphatic rings. The molecule has 13 heavy (non-hydrogen) atoms. The summed E-state index contributed by atoms with van der Waals surface area (Å²) in [5.41, 5.74) is 0.238. The Morgan fingerprint density at radius 1 is 1.62 bits per heavy atom. The van der Waals surface area contributed by atoms with Crippen molar-refractivity contribution in [2.75, 3.05) is 13.1 Å². The maximum absolute atomic E-state index is 11.6. The van der Waals surface area contributed by atoms with Crippen molar-refractivity contribution in [2.24, 2.45) is 0 Å². The molecular weight excluding hydrogens is 180 g/mol. The quantitative estimate of drug-likeness (QED) is 0.493. The van der Waals surface area contributed by atoms with E-state index in [-0.39, 0.29) is 12.1 Å². The average molecular weight is 193 g/mol. The molecule has 0 aromatic rings. The van der Waals surface area contributed by atoms with E-state index in [2.05, 4.69) is 5.32 Å². The van der Waals surface area contributed by atoms with E-state index in [0.29, 0.717) is 6.42 Å². The molecule has 2 N–H and O–H groups in total. The predicted molar refractivity (Wildman–Crippen MR) is 44.9 cm³/mol. The molecule has 0 aromatic heterocycles. The van der Waals surface area contributed by atoms with Gasteiger partial charge in [-0.1, -0.05) is 13.0 Å². The van der Waals surface area contributed by atoms with E-state index < -0.39 is 18.9 Å². The fraction of sp³-hybridized carbons (Fsp3) is 0.625. The molecule has 3 nitrogen and oxygen atoms in total. The van der Waals surface area contributed by atoms with Gasteiger partial charge in [0.2, 0.25) is 0 Å². The van der Waals surface area contributed by atoms with Gasteiger partial charge in [0.05, 0.1) is 6.54 Å². The second kappa shape index (κ2) is 6.54. The Morgan fingerprint density at radius 2 is 2.23 bits per heavy atom. The number of halogens is 2. The molecule has 0 spiro atoms. The second-order valence-electron chi connectivity index (χ2n) is 2.44. The molecule has 0 saturated carbocycles. The summed E-state index contributed by atoms with van der Waals surface area (Å²) >= 11 is 0. The van der Waals surface area contributed by atoms with Gasteiger partial charge in [-0.05, 0) is 6.42 Å². The van der Waals surface area contributed by atoms with Crippen LogP contribution in [-0.4, -0.2) is 30.6 Å². The van der Waals surface area contributed by atoms with Gasteiger partial charge in [0, 0.05) is 12.1 Å². The van der Waals surface area contributed by atoms with Crippen LogP contribution in [0.4, 0.5) is 8.78 Å². The number of aliphatic carboxylic acids is 1. The normalized spacial score (nSPS) is 12.2. The summed E-state index contributed by atoms with van der Waals surface area (Å²) in [5, 5.41) is 11.0. The molecule has 0 amide bonds. The minimum absolute atomic E-state index is 0.166. The highest BCUT2D eigenvalue weighted by Gasteiger charge is 2.03. The van der Waals surface area contributed by atoms with E-state index in [1.807, 2.05) is 0 Å². The Hall–Kier alpha value is -0.970. The van der Waals surface area contributed by atoms with Crippen LogP contribution in [0.3, 0.4) is 0 Å². The Labute approximate surface area is 75.4 Å². The largest absolute Gasteiger partial charge is 0.478 e. The van der Waals surface area contributed by atoms with Crippen molar-refractivity contribution in [1.29, 1.82) is 0 Å². The summed E-state index contributed by atoms with van der Waals surface area (Å²) in [6, 6.07) is 0. The van der Waals surface area contributed by atoms with E-state index in [9.17, 15) is 13.6 Å². The number of rotatable bonds is 6. The molecule has 0 aliphatic heterocycles. The van der Waals surface area contributed by atoms with Crippen LogP contribution in [0.2, 0.25) is 0 Å². The van der Waals surface area contributed by atoms with Crippen molar-refractivity contribution in [1.82, 2.24) is 5.32 Å². The first-order valence-corrected chi connectivity index (χ1v) is 3.99. The minimum atomic E-state index is -2.40. The van der Waals surface area contributed by atoms with Crippen LogP contribution in [0.5, 0.6) is 0 Å². The molecule has 0 fully saturated rings. The zero-order chi connectivity index (χ0) is 10.3. The highest BCUT2D eigenvalue weighted by Crippen LogP contribution is 1.98. The number of alkyl halides is 2. The Morgan fingerprint density at radius 3 is 2.62 bits per heavy atom. The Balaban J connectivity index is 3.74. The van der Waals surface area contributed by atoms with Crippen molar-refractivity contribution >= 4 is 5.97 Å². The van der Waals surface area contributed by atoms with Crippen molar-refractivity contribution in [3.05, 3.63) is 11.6 Å². The van der Waals surface area contributed by atoms with Gasteiger partial charge in [-0.3, -0.25) is 0 Å². The van der Waals surface area contributed by atoms with Gasteiger partial charge in [-0.2, -0.15) is 0 Å². The van der Waals surface area contributed by atoms with Crippen LogP contribution in [0.25, 0.3) is 0 Å². The zero-order valence-electron chi connectivity index (χ0n) is 7.39. The van der Waals surface area contributed by atoms with E-state index in [0.717, 1.165) is 0 Å². The van der Waals surface area contributed by atoms with E-state index >= 15 is 0 Å². The topological polar surface area (TPSA) is 49.3 Å². The summed E-state index contributed by atoms with van der Waals surface area (Å²) in [6.07, 6.45) is -0.598. The molecule has 0 atom stereocenters. The number of carboxylic acids is 1. The number of carboxylic acid groups (broad SMARTS) is 1. The van der Waals surface area contributed by atoms with E-state index in [1.165, 1.54) is 6.08 Å². The van der Waals surface area contributed by atoms with Crippen molar-refractivity contribution in [3.63, 3.8) is 0 Å². The predicted octanol–water partition coefficient (Wildman–Crippen LogP) is 1.26. The van der Waals surface area contributed by atoms with Crippen molar-refractivity contribution in [2.45, 2.75) is 19.8 Å². The molecule has 0 radical (unpaired) electrons. The van der Waals surface area contributed by atoms with Crippen molar-refractivity contribution in [3.8, 4) is 0 Å². The lowest BCUT2D eigenvalue weighted by Gasteiger charge is -2.01. The smallest absolute Gasteiger partial charge is 0.331 e. The average Bonchev–Trinajstić information content (AvgIpc) is 2.03. The van der Waals surface area contributed by atoms with Crippen LogP contribution in [-0.2, 0) is 4.79 Å². The van der Waals surface area contributed by atoms with Gasteiger partial charge in [-0.25, -0.2) is 13.6 Å². The Bertz CT molecular complexity index is 193. The van der Waals surface area contributed by atoms with Crippen LogP contribution < -0.4 is 5.32 Å². The monoisotopic (exact) mass is 193 g/mol. The first kappa shape index (κ1) is 12.0. The van der Waals surface area contributed by atoms with Crippen LogP contribution in [0.15, 0.2) is 11.6 Å². The summed E-state index contributed by atoms with van der Waals surface area (Å²) in [4.78, 5) is 10.4. The van der Waals surface area contributed by atoms with Gasteiger partial charge >= 0.3 is 5.97 Å². The molecule has 0 bridgehead atoms. The maximum Gasteiger partial charge on any atom is 0.331 e. The number of nitrogens with one attached hydrogen (secondary N) is 1. The van der Waals surface area contributed by atoms with Crippen LogP contribution in [0.1, 0.15) is 13.3 Å². The number of hydrogen-bond acceptors (Lipinski definition) is 2. The van der Waals surface area contributed by atoms with E-state index in [4.69, 9.17) is 5.11 Å². The molecule has 0 aliphatic carbocycles. The fourth-order valence-corrected chi connectivity index (χ4v) is 0.771. The summed E-state index contributed by atoms with van der Waals surface area (Å²) in [7, 11) is 0. The molecule has 76 valence electrons.